The first kappa shape index (κ1) is 20.1. The van der Waals surface area contributed by atoms with Gasteiger partial charge < -0.3 is 30.5 Å². The van der Waals surface area contributed by atoms with Gasteiger partial charge in [-0.15, -0.1) is 0 Å². The predicted octanol–water partition coefficient (Wildman–Crippen LogP) is -0.519. The molecule has 2 aromatic heterocycles. The number of phosphoric ester groups is 1. The van der Waals surface area contributed by atoms with E-state index in [1.807, 2.05) is 6.92 Å². The van der Waals surface area contributed by atoms with Crippen LogP contribution in [0.1, 0.15) is 26.2 Å². The lowest BCUT2D eigenvalue weighted by Gasteiger charge is -2.33. The van der Waals surface area contributed by atoms with Crippen molar-refractivity contribution in [3.8, 4) is 0 Å². The zero-order valence-electron chi connectivity index (χ0n) is 14.5. The van der Waals surface area contributed by atoms with E-state index in [0.717, 1.165) is 6.42 Å². The highest BCUT2D eigenvalue weighted by Crippen LogP contribution is 2.43. The molecule has 1 aliphatic heterocycles. The molecular weight excluding hydrogens is 381 g/mol. The lowest BCUT2D eigenvalue weighted by Crippen LogP contribution is -2.45. The highest BCUT2D eigenvalue weighted by molar-refractivity contribution is 7.46. The van der Waals surface area contributed by atoms with E-state index in [-0.39, 0.29) is 5.82 Å². The van der Waals surface area contributed by atoms with Gasteiger partial charge in [-0.2, -0.15) is 0 Å². The zero-order chi connectivity index (χ0) is 19.8. The lowest BCUT2D eigenvalue weighted by atomic mass is 9.96. The second-order valence-electron chi connectivity index (χ2n) is 6.37. The van der Waals surface area contributed by atoms with E-state index in [4.69, 9.17) is 20.3 Å². The molecule has 150 valence electrons. The van der Waals surface area contributed by atoms with Crippen molar-refractivity contribution < 1.29 is 33.8 Å². The molecule has 0 radical (unpaired) electrons. The standard InChI is InChI=1S/C14H22N5O7P/c1-2-3-4-14(19-7-18-9-12(15)16-6-17-13(9)19)11(21)10(20)8(26-14)5-25-27(22,23)24/h6-8,10-11,20-21H,2-5H2,1H3,(H2,15,16,17)(H2,22,23,24)/t8-,10-,11-,14-/m1/s1. The first-order valence-corrected chi connectivity index (χ1v) is 9.90. The van der Waals surface area contributed by atoms with Crippen molar-refractivity contribution in [1.29, 1.82) is 0 Å². The maximum Gasteiger partial charge on any atom is 0.469 e. The molecule has 0 aromatic carbocycles. The van der Waals surface area contributed by atoms with Crippen molar-refractivity contribution in [3.63, 3.8) is 0 Å². The fraction of sp³-hybridized carbons (Fsp3) is 0.643. The van der Waals surface area contributed by atoms with Crippen LogP contribution in [-0.4, -0.2) is 64.4 Å². The van der Waals surface area contributed by atoms with Crippen LogP contribution in [0.3, 0.4) is 0 Å². The van der Waals surface area contributed by atoms with Crippen molar-refractivity contribution in [1.82, 2.24) is 19.5 Å². The fourth-order valence-corrected chi connectivity index (χ4v) is 3.60. The number of imidazole rings is 1. The number of unbranched alkanes of at least 4 members (excludes halogenated alkanes) is 1. The molecule has 12 nitrogen and oxygen atoms in total. The molecule has 4 atom stereocenters. The van der Waals surface area contributed by atoms with Crippen LogP contribution in [0, 0.1) is 0 Å². The molecule has 1 saturated heterocycles. The number of ether oxygens (including phenoxy) is 1. The van der Waals surface area contributed by atoms with E-state index >= 15 is 0 Å². The highest BCUT2D eigenvalue weighted by Gasteiger charge is 2.56. The number of hydrogen-bond acceptors (Lipinski definition) is 9. The van der Waals surface area contributed by atoms with Crippen molar-refractivity contribution in [2.24, 2.45) is 0 Å². The van der Waals surface area contributed by atoms with Crippen LogP contribution in [0.25, 0.3) is 11.2 Å². The maximum atomic E-state index is 11.0. The van der Waals surface area contributed by atoms with Gasteiger partial charge in [-0.3, -0.25) is 9.09 Å². The van der Waals surface area contributed by atoms with Gasteiger partial charge in [0, 0.05) is 0 Å². The minimum atomic E-state index is -4.76. The number of aliphatic hydroxyl groups is 2. The Labute approximate surface area is 154 Å². The number of nitrogen functional groups attached to an aromatic ring is 1. The Hall–Kier alpha value is -1.66. The molecular formula is C14H22N5O7P. The zero-order valence-corrected chi connectivity index (χ0v) is 15.4. The van der Waals surface area contributed by atoms with Crippen molar-refractivity contribution in [2.75, 3.05) is 12.3 Å². The van der Waals surface area contributed by atoms with Gasteiger partial charge in [-0.25, -0.2) is 19.5 Å². The molecule has 3 rings (SSSR count). The third-order valence-electron chi connectivity index (χ3n) is 4.59. The number of rotatable bonds is 7. The van der Waals surface area contributed by atoms with Gasteiger partial charge in [0.15, 0.2) is 17.2 Å². The second-order valence-corrected chi connectivity index (χ2v) is 7.61. The van der Waals surface area contributed by atoms with E-state index in [1.165, 1.54) is 17.2 Å². The topological polar surface area (TPSA) is 186 Å². The predicted molar refractivity (Wildman–Crippen MR) is 92.1 cm³/mol. The maximum absolute atomic E-state index is 11.0. The summed E-state index contributed by atoms with van der Waals surface area (Å²) in [6.45, 7) is 1.35. The smallest absolute Gasteiger partial charge is 0.387 e. The average Bonchev–Trinajstić information content (AvgIpc) is 3.14. The monoisotopic (exact) mass is 403 g/mol. The summed E-state index contributed by atoms with van der Waals surface area (Å²) in [5.41, 5.74) is 4.98. The van der Waals surface area contributed by atoms with E-state index < -0.39 is 38.5 Å². The van der Waals surface area contributed by atoms with Gasteiger partial charge in [0.2, 0.25) is 0 Å². The van der Waals surface area contributed by atoms with Crippen LogP contribution < -0.4 is 5.73 Å². The van der Waals surface area contributed by atoms with E-state index in [0.29, 0.717) is 24.0 Å². The Morgan fingerprint density at radius 3 is 2.78 bits per heavy atom. The molecule has 0 aliphatic carbocycles. The molecule has 6 N–H and O–H groups in total. The van der Waals surface area contributed by atoms with Crippen molar-refractivity contribution >= 4 is 24.8 Å². The summed E-state index contributed by atoms with van der Waals surface area (Å²) < 4.78 is 22.8. The minimum absolute atomic E-state index is 0.152. The lowest BCUT2D eigenvalue weighted by molar-refractivity contribution is -0.150. The summed E-state index contributed by atoms with van der Waals surface area (Å²) in [6, 6.07) is 0. The average molecular weight is 403 g/mol. The van der Waals surface area contributed by atoms with E-state index in [1.54, 1.807) is 0 Å². The Balaban J connectivity index is 2.02. The largest absolute Gasteiger partial charge is 0.469 e. The van der Waals surface area contributed by atoms with Crippen LogP contribution in [0.15, 0.2) is 12.7 Å². The number of aliphatic hydroxyl groups excluding tert-OH is 2. The van der Waals surface area contributed by atoms with Crippen LogP contribution in [0.2, 0.25) is 0 Å². The summed E-state index contributed by atoms with van der Waals surface area (Å²) in [5.74, 6) is 0.152. The quantitative estimate of drug-likeness (QED) is 0.374. The molecule has 0 saturated carbocycles. The van der Waals surface area contributed by atoms with Crippen LogP contribution >= 0.6 is 7.82 Å². The summed E-state index contributed by atoms with van der Waals surface area (Å²) in [7, 11) is -4.76. The number of nitrogens with two attached hydrogens (primary N) is 1. The number of nitrogens with zero attached hydrogens (tertiary/aromatic N) is 4. The van der Waals surface area contributed by atoms with Gasteiger partial charge in [-0.05, 0) is 12.8 Å². The van der Waals surface area contributed by atoms with Gasteiger partial charge >= 0.3 is 7.82 Å². The Morgan fingerprint density at radius 1 is 1.37 bits per heavy atom. The summed E-state index contributed by atoms with van der Waals surface area (Å²) in [6.07, 6.45) is 0.318. The number of hydrogen-bond donors (Lipinski definition) is 5. The second kappa shape index (κ2) is 7.40. The number of phosphoric acid groups is 1. The third kappa shape index (κ3) is 3.69. The van der Waals surface area contributed by atoms with E-state index in [2.05, 4.69) is 19.5 Å². The summed E-state index contributed by atoms with van der Waals surface area (Å²) in [5, 5.41) is 21.2. The van der Waals surface area contributed by atoms with Crippen molar-refractivity contribution in [2.45, 2.75) is 50.2 Å². The van der Waals surface area contributed by atoms with Crippen molar-refractivity contribution in [3.05, 3.63) is 12.7 Å². The SMILES string of the molecule is CCCC[C@@]1(n2cnc3c(N)ncnc32)O[C@H](COP(=O)(O)O)[C@@H](O)[C@H]1O. The molecule has 13 heteroatoms. The highest BCUT2D eigenvalue weighted by atomic mass is 31.2. The fourth-order valence-electron chi connectivity index (χ4n) is 3.26. The summed E-state index contributed by atoms with van der Waals surface area (Å²) in [4.78, 5) is 30.0. The molecule has 0 amide bonds. The van der Waals surface area contributed by atoms with E-state index in [9.17, 15) is 14.8 Å². The Kier molecular flexibility index (Phi) is 5.50. The summed E-state index contributed by atoms with van der Waals surface area (Å²) >= 11 is 0. The molecule has 3 heterocycles. The molecule has 0 unspecified atom stereocenters. The molecule has 0 bridgehead atoms. The number of anilines is 1. The first-order valence-electron chi connectivity index (χ1n) is 8.37. The molecule has 0 spiro atoms. The molecule has 1 aliphatic rings. The first-order chi connectivity index (χ1) is 12.7. The molecule has 2 aromatic rings. The Bertz CT molecular complexity index is 857. The normalized spacial score (nSPS) is 28.9. The van der Waals surface area contributed by atoms with Gasteiger partial charge in [0.25, 0.3) is 0 Å². The van der Waals surface area contributed by atoms with Gasteiger partial charge in [-0.1, -0.05) is 13.3 Å². The number of aromatic nitrogens is 4. The van der Waals surface area contributed by atoms with Gasteiger partial charge in [0.05, 0.1) is 12.9 Å². The number of fused-ring (bicyclic) bond motifs is 1. The molecule has 1 fully saturated rings. The Morgan fingerprint density at radius 2 is 2.11 bits per heavy atom. The van der Waals surface area contributed by atoms with Crippen LogP contribution in [-0.2, 0) is 19.6 Å². The van der Waals surface area contributed by atoms with Gasteiger partial charge in [0.1, 0.15) is 30.2 Å². The van der Waals surface area contributed by atoms with Crippen LogP contribution in [0.5, 0.6) is 0 Å². The van der Waals surface area contributed by atoms with Crippen LogP contribution in [0.4, 0.5) is 5.82 Å². The molecule has 27 heavy (non-hydrogen) atoms. The minimum Gasteiger partial charge on any atom is -0.387 e. The third-order valence-corrected chi connectivity index (χ3v) is 5.07.